The topological polar surface area (TPSA) is 95.9 Å². The van der Waals surface area contributed by atoms with E-state index in [1.165, 1.54) is 0 Å². The minimum atomic E-state index is -1.01. The Bertz CT molecular complexity index is 1130. The van der Waals surface area contributed by atoms with Crippen molar-refractivity contribution in [1.82, 2.24) is 10.2 Å². The average molecular weight is 540 g/mol. The molecule has 10 heteroatoms. The largest absolute Gasteiger partial charge is 0.503 e. The predicted molar refractivity (Wildman–Crippen MR) is 135 cm³/mol. The van der Waals surface area contributed by atoms with Crippen molar-refractivity contribution in [3.63, 3.8) is 0 Å². The molecule has 1 atom stereocenters. The molecule has 0 aliphatic carbocycles. The number of hydrogen-bond acceptors (Lipinski definition) is 5. The van der Waals surface area contributed by atoms with Crippen LogP contribution >= 0.6 is 34.8 Å². The van der Waals surface area contributed by atoms with E-state index in [9.17, 15) is 19.5 Å². The van der Waals surface area contributed by atoms with E-state index in [2.05, 4.69) is 5.32 Å². The lowest BCUT2D eigenvalue weighted by Crippen LogP contribution is -2.46. The fourth-order valence-corrected chi connectivity index (χ4v) is 4.16. The number of rotatable bonds is 10. The van der Waals surface area contributed by atoms with Crippen LogP contribution < -0.4 is 5.32 Å². The van der Waals surface area contributed by atoms with Gasteiger partial charge in [0, 0.05) is 18.0 Å². The zero-order valence-electron chi connectivity index (χ0n) is 19.0. The Labute approximate surface area is 218 Å². The van der Waals surface area contributed by atoms with Crippen molar-refractivity contribution in [1.29, 1.82) is 0 Å². The number of carbonyl (C=O) groups is 3. The third-order valence-electron chi connectivity index (χ3n) is 5.54. The van der Waals surface area contributed by atoms with Crippen molar-refractivity contribution in [3.05, 3.63) is 80.0 Å². The van der Waals surface area contributed by atoms with Gasteiger partial charge in [-0.3, -0.25) is 9.59 Å². The van der Waals surface area contributed by atoms with E-state index in [0.717, 1.165) is 16.0 Å². The van der Waals surface area contributed by atoms with E-state index in [4.69, 9.17) is 39.5 Å². The zero-order valence-corrected chi connectivity index (χ0v) is 21.3. The molecule has 0 aromatic heterocycles. The number of nitrogens with zero attached hydrogens (tertiary/aromatic N) is 1. The molecule has 2 N–H and O–H groups in total. The van der Waals surface area contributed by atoms with E-state index in [0.29, 0.717) is 34.5 Å². The molecule has 7 nitrogen and oxygen atoms in total. The summed E-state index contributed by atoms with van der Waals surface area (Å²) in [4.78, 5) is 39.3. The minimum Gasteiger partial charge on any atom is -0.503 e. The molecule has 0 fully saturated rings. The summed E-state index contributed by atoms with van der Waals surface area (Å²) in [6.07, 6.45) is 1.41. The maximum Gasteiger partial charge on any atom is 0.329 e. The third-order valence-corrected chi connectivity index (χ3v) is 6.53. The SMILES string of the molecule is CCOC(=O)C(Cc1ccc(Cl)cc1)N1CC(C(=O)NCCCc2ccc(Cl)c(Cl)c2)=C(O)C1=O. The summed E-state index contributed by atoms with van der Waals surface area (Å²) >= 11 is 17.9. The molecule has 2 aromatic rings. The normalized spacial score (nSPS) is 14.3. The molecule has 1 unspecified atom stereocenters. The molecular weight excluding hydrogens is 515 g/mol. The summed E-state index contributed by atoms with van der Waals surface area (Å²) in [6, 6.07) is 11.2. The highest BCUT2D eigenvalue weighted by Crippen LogP contribution is 2.24. The van der Waals surface area contributed by atoms with Gasteiger partial charge in [-0.2, -0.15) is 0 Å². The highest BCUT2D eigenvalue weighted by atomic mass is 35.5. The maximum atomic E-state index is 12.8. The number of esters is 1. The van der Waals surface area contributed by atoms with Crippen LogP contribution in [0.4, 0.5) is 0 Å². The fraction of sp³-hybridized carbons (Fsp3) is 0.320. The van der Waals surface area contributed by atoms with Gasteiger partial charge in [0.25, 0.3) is 11.8 Å². The van der Waals surface area contributed by atoms with Crippen molar-refractivity contribution in [2.75, 3.05) is 19.7 Å². The highest BCUT2D eigenvalue weighted by molar-refractivity contribution is 6.42. The molecule has 1 aliphatic heterocycles. The molecule has 0 spiro atoms. The van der Waals surface area contributed by atoms with Gasteiger partial charge >= 0.3 is 5.97 Å². The molecule has 0 saturated heterocycles. The molecule has 2 aromatic carbocycles. The molecule has 3 rings (SSSR count). The summed E-state index contributed by atoms with van der Waals surface area (Å²) in [6.45, 7) is 1.90. The Kier molecular flexibility index (Phi) is 9.43. The molecule has 2 amide bonds. The Morgan fingerprint density at radius 3 is 2.43 bits per heavy atom. The van der Waals surface area contributed by atoms with Crippen LogP contribution in [0.15, 0.2) is 53.8 Å². The van der Waals surface area contributed by atoms with Gasteiger partial charge in [0.15, 0.2) is 5.76 Å². The third kappa shape index (κ3) is 6.90. The van der Waals surface area contributed by atoms with Gasteiger partial charge < -0.3 is 20.1 Å². The van der Waals surface area contributed by atoms with Crippen molar-refractivity contribution >= 4 is 52.6 Å². The van der Waals surface area contributed by atoms with Gasteiger partial charge in [-0.15, -0.1) is 0 Å². The van der Waals surface area contributed by atoms with Crippen molar-refractivity contribution in [2.45, 2.75) is 32.2 Å². The first kappa shape index (κ1) is 26.9. The molecular formula is C25H25Cl3N2O5. The van der Waals surface area contributed by atoms with Gasteiger partial charge in [0.1, 0.15) is 6.04 Å². The predicted octanol–water partition coefficient (Wildman–Crippen LogP) is 4.52. The molecule has 35 heavy (non-hydrogen) atoms. The average Bonchev–Trinajstić information content (AvgIpc) is 3.13. The van der Waals surface area contributed by atoms with Crippen LogP contribution in [0.1, 0.15) is 24.5 Å². The number of aliphatic hydroxyl groups excluding tert-OH is 1. The van der Waals surface area contributed by atoms with Gasteiger partial charge in [-0.25, -0.2) is 4.79 Å². The van der Waals surface area contributed by atoms with Gasteiger partial charge in [0.2, 0.25) is 0 Å². The number of nitrogens with one attached hydrogen (secondary N) is 1. The molecule has 186 valence electrons. The van der Waals surface area contributed by atoms with Crippen LogP contribution in [0, 0.1) is 0 Å². The number of aryl methyl sites for hydroxylation is 1. The van der Waals surface area contributed by atoms with Gasteiger partial charge in [0.05, 0.1) is 28.8 Å². The molecule has 1 aliphatic rings. The van der Waals surface area contributed by atoms with Crippen LogP contribution in [0.2, 0.25) is 15.1 Å². The highest BCUT2D eigenvalue weighted by Gasteiger charge is 2.41. The number of hydrogen-bond donors (Lipinski definition) is 2. The zero-order chi connectivity index (χ0) is 25.5. The lowest BCUT2D eigenvalue weighted by Gasteiger charge is -2.26. The van der Waals surface area contributed by atoms with Crippen molar-refractivity contribution < 1.29 is 24.2 Å². The van der Waals surface area contributed by atoms with Crippen LogP contribution in [0.5, 0.6) is 0 Å². The molecule has 0 saturated carbocycles. The summed E-state index contributed by atoms with van der Waals surface area (Å²) in [5, 5.41) is 14.6. The summed E-state index contributed by atoms with van der Waals surface area (Å²) in [5.41, 5.74) is 1.63. The van der Waals surface area contributed by atoms with Crippen LogP contribution in [-0.4, -0.2) is 53.5 Å². The Morgan fingerprint density at radius 2 is 1.77 bits per heavy atom. The second-order valence-corrected chi connectivity index (χ2v) is 9.22. The van der Waals surface area contributed by atoms with E-state index >= 15 is 0 Å². The number of carbonyl (C=O) groups excluding carboxylic acids is 3. The second kappa shape index (κ2) is 12.3. The van der Waals surface area contributed by atoms with Crippen molar-refractivity contribution in [3.8, 4) is 0 Å². The number of aliphatic hydroxyl groups is 1. The first-order valence-corrected chi connectivity index (χ1v) is 12.2. The van der Waals surface area contributed by atoms with Crippen molar-refractivity contribution in [2.24, 2.45) is 0 Å². The monoisotopic (exact) mass is 538 g/mol. The summed E-state index contributed by atoms with van der Waals surface area (Å²) < 4.78 is 5.15. The Hall–Kier alpha value is -2.74. The lowest BCUT2D eigenvalue weighted by atomic mass is 10.0. The number of benzene rings is 2. The fourth-order valence-electron chi connectivity index (χ4n) is 3.71. The van der Waals surface area contributed by atoms with E-state index in [1.807, 2.05) is 6.07 Å². The van der Waals surface area contributed by atoms with Gasteiger partial charge in [-0.05, 0) is 55.2 Å². The number of amides is 2. The first-order chi connectivity index (χ1) is 16.7. The maximum absolute atomic E-state index is 12.8. The Morgan fingerprint density at radius 1 is 1.09 bits per heavy atom. The summed E-state index contributed by atoms with van der Waals surface area (Å²) in [5.74, 6) is -2.65. The van der Waals surface area contributed by atoms with Gasteiger partial charge in [-0.1, -0.05) is 53.0 Å². The van der Waals surface area contributed by atoms with E-state index in [-0.39, 0.29) is 25.1 Å². The number of halogens is 3. The first-order valence-electron chi connectivity index (χ1n) is 11.1. The second-order valence-electron chi connectivity index (χ2n) is 7.97. The standard InChI is InChI=1S/C25H25Cl3N2O5/c1-2-35-25(34)21(13-16-5-8-17(26)9-6-16)30-14-18(22(31)24(30)33)23(32)29-11-3-4-15-7-10-19(27)20(28)12-15/h5-10,12,21,31H,2-4,11,13-14H2,1H3,(H,29,32). The van der Waals surface area contributed by atoms with Crippen LogP contribution in [0.25, 0.3) is 0 Å². The summed E-state index contributed by atoms with van der Waals surface area (Å²) in [7, 11) is 0. The van der Waals surface area contributed by atoms with E-state index in [1.54, 1.807) is 43.3 Å². The van der Waals surface area contributed by atoms with Crippen LogP contribution in [-0.2, 0) is 32.0 Å². The smallest absolute Gasteiger partial charge is 0.329 e. The van der Waals surface area contributed by atoms with Crippen LogP contribution in [0.3, 0.4) is 0 Å². The molecule has 0 radical (unpaired) electrons. The molecule has 1 heterocycles. The van der Waals surface area contributed by atoms with E-state index < -0.39 is 29.6 Å². The molecule has 0 bridgehead atoms. The lowest BCUT2D eigenvalue weighted by molar-refractivity contribution is -0.153. The minimum absolute atomic E-state index is 0.0880. The quantitative estimate of drug-likeness (QED) is 0.342. The number of ether oxygens (including phenoxy) is 1. The Balaban J connectivity index is 1.62.